The van der Waals surface area contributed by atoms with Crippen LogP contribution in [0.4, 0.5) is 13.2 Å². The molecule has 0 saturated carbocycles. The van der Waals surface area contributed by atoms with Crippen molar-refractivity contribution in [3.05, 3.63) is 24.0 Å². The summed E-state index contributed by atoms with van der Waals surface area (Å²) in [7, 11) is 0. The first kappa shape index (κ1) is 14.8. The van der Waals surface area contributed by atoms with Crippen molar-refractivity contribution >= 4 is 0 Å². The van der Waals surface area contributed by atoms with E-state index >= 15 is 0 Å². The lowest BCUT2D eigenvalue weighted by molar-refractivity contribution is -0.154. The largest absolute Gasteiger partial charge is 0.468 e. The smallest absolute Gasteiger partial charge is 0.422 e. The maximum absolute atomic E-state index is 12.1. The first-order chi connectivity index (χ1) is 10.5. The second-order valence-corrected chi connectivity index (χ2v) is 4.72. The van der Waals surface area contributed by atoms with Gasteiger partial charge >= 0.3 is 6.18 Å². The second-order valence-electron chi connectivity index (χ2n) is 4.72. The fraction of sp³-hybridized carbons (Fsp3) is 0.462. The molecule has 2 aromatic heterocycles. The van der Waals surface area contributed by atoms with E-state index in [1.807, 2.05) is 0 Å². The fourth-order valence-electron chi connectivity index (χ4n) is 2.02. The Morgan fingerprint density at radius 1 is 1.27 bits per heavy atom. The van der Waals surface area contributed by atoms with E-state index in [1.165, 1.54) is 12.1 Å². The number of hydrogen-bond acceptors (Lipinski definition) is 6. The highest BCUT2D eigenvalue weighted by Crippen LogP contribution is 2.28. The summed E-state index contributed by atoms with van der Waals surface area (Å²) >= 11 is 0. The minimum absolute atomic E-state index is 0.114. The number of nitrogens with zero attached hydrogens (tertiary/aromatic N) is 3. The molecule has 1 atom stereocenters. The van der Waals surface area contributed by atoms with E-state index in [0.717, 1.165) is 12.8 Å². The molecule has 1 aliphatic heterocycles. The van der Waals surface area contributed by atoms with Gasteiger partial charge in [0.15, 0.2) is 6.61 Å². The van der Waals surface area contributed by atoms with Gasteiger partial charge in [0.05, 0.1) is 0 Å². The predicted octanol–water partition coefficient (Wildman–Crippen LogP) is 2.92. The van der Waals surface area contributed by atoms with Crippen LogP contribution in [-0.4, -0.2) is 34.5 Å². The lowest BCUT2D eigenvalue weighted by Crippen LogP contribution is -2.19. The van der Waals surface area contributed by atoms with Crippen LogP contribution < -0.4 is 4.74 Å². The zero-order valence-corrected chi connectivity index (χ0v) is 11.3. The summed E-state index contributed by atoms with van der Waals surface area (Å²) in [6.45, 7) is -0.762. The van der Waals surface area contributed by atoms with Crippen LogP contribution in [0.3, 0.4) is 0 Å². The number of alkyl halides is 3. The standard InChI is InChI=1S/C13H12F3N3O3/c14-13(15,16)7-21-10-5-1-3-8(17-10)12-18-11(19-22-12)9-4-2-6-20-9/h1,3,5,9H,2,4,6-7H2. The van der Waals surface area contributed by atoms with E-state index in [-0.39, 0.29) is 23.6 Å². The van der Waals surface area contributed by atoms with E-state index < -0.39 is 12.8 Å². The molecule has 1 saturated heterocycles. The highest BCUT2D eigenvalue weighted by Gasteiger charge is 2.29. The minimum Gasteiger partial charge on any atom is -0.468 e. The zero-order chi connectivity index (χ0) is 15.6. The maximum Gasteiger partial charge on any atom is 0.422 e. The number of pyridine rings is 1. The first-order valence-electron chi connectivity index (χ1n) is 6.63. The quantitative estimate of drug-likeness (QED) is 0.864. The number of aromatic nitrogens is 3. The summed E-state index contributed by atoms with van der Waals surface area (Å²) in [5, 5.41) is 3.82. The fourth-order valence-corrected chi connectivity index (χ4v) is 2.02. The van der Waals surface area contributed by atoms with Gasteiger partial charge in [0, 0.05) is 12.7 Å². The lowest BCUT2D eigenvalue weighted by Gasteiger charge is -2.08. The van der Waals surface area contributed by atoms with Crippen molar-refractivity contribution in [3.63, 3.8) is 0 Å². The van der Waals surface area contributed by atoms with Crippen LogP contribution in [0, 0.1) is 0 Å². The Kier molecular flexibility index (Phi) is 3.97. The molecule has 6 nitrogen and oxygen atoms in total. The van der Waals surface area contributed by atoms with Gasteiger partial charge in [-0.15, -0.1) is 0 Å². The van der Waals surface area contributed by atoms with Gasteiger partial charge in [-0.3, -0.25) is 0 Å². The molecule has 0 spiro atoms. The van der Waals surface area contributed by atoms with E-state index in [9.17, 15) is 13.2 Å². The van der Waals surface area contributed by atoms with E-state index in [4.69, 9.17) is 9.26 Å². The topological polar surface area (TPSA) is 70.3 Å². The number of halogens is 3. The van der Waals surface area contributed by atoms with Crippen LogP contribution in [0.5, 0.6) is 5.88 Å². The van der Waals surface area contributed by atoms with Crippen molar-refractivity contribution in [2.24, 2.45) is 0 Å². The van der Waals surface area contributed by atoms with Gasteiger partial charge < -0.3 is 14.0 Å². The Labute approximate surface area is 123 Å². The van der Waals surface area contributed by atoms with E-state index in [1.54, 1.807) is 6.07 Å². The number of ether oxygens (including phenoxy) is 2. The molecule has 0 bridgehead atoms. The van der Waals surface area contributed by atoms with Crippen LogP contribution in [0.2, 0.25) is 0 Å². The summed E-state index contributed by atoms with van der Waals surface area (Å²) in [5.74, 6) is 0.366. The molecule has 0 aromatic carbocycles. The normalized spacial score (nSPS) is 18.6. The third-order valence-corrected chi connectivity index (χ3v) is 2.99. The van der Waals surface area contributed by atoms with Crippen molar-refractivity contribution in [2.75, 3.05) is 13.2 Å². The number of hydrogen-bond donors (Lipinski definition) is 0. The van der Waals surface area contributed by atoms with Crippen LogP contribution in [0.25, 0.3) is 11.6 Å². The van der Waals surface area contributed by atoms with E-state index in [2.05, 4.69) is 19.9 Å². The Balaban J connectivity index is 1.74. The molecule has 0 radical (unpaired) electrons. The lowest BCUT2D eigenvalue weighted by atomic mass is 10.2. The zero-order valence-electron chi connectivity index (χ0n) is 11.3. The Hall–Kier alpha value is -2.16. The Morgan fingerprint density at radius 3 is 2.86 bits per heavy atom. The molecular formula is C13H12F3N3O3. The molecule has 22 heavy (non-hydrogen) atoms. The molecule has 9 heteroatoms. The molecule has 3 rings (SSSR count). The predicted molar refractivity (Wildman–Crippen MR) is 67.0 cm³/mol. The molecule has 0 aliphatic carbocycles. The minimum atomic E-state index is -4.42. The van der Waals surface area contributed by atoms with Gasteiger partial charge in [-0.1, -0.05) is 11.2 Å². The van der Waals surface area contributed by atoms with Gasteiger partial charge in [0.1, 0.15) is 11.8 Å². The Bertz CT molecular complexity index is 639. The summed E-state index contributed by atoms with van der Waals surface area (Å²) < 4.78 is 51.5. The molecule has 2 aromatic rings. The summed E-state index contributed by atoms with van der Waals surface area (Å²) in [4.78, 5) is 8.10. The van der Waals surface area contributed by atoms with Crippen molar-refractivity contribution in [3.8, 4) is 17.5 Å². The number of rotatable bonds is 4. The summed E-state index contributed by atoms with van der Waals surface area (Å²) in [6, 6.07) is 4.38. The van der Waals surface area contributed by atoms with Crippen molar-refractivity contribution < 1.29 is 27.2 Å². The van der Waals surface area contributed by atoms with Crippen LogP contribution in [0.1, 0.15) is 24.8 Å². The van der Waals surface area contributed by atoms with Gasteiger partial charge in [-0.25, -0.2) is 4.98 Å². The average Bonchev–Trinajstić information content (AvgIpc) is 3.15. The SMILES string of the molecule is FC(F)(F)COc1cccc(-c2nc(C3CCCO3)no2)n1. The molecule has 1 unspecified atom stereocenters. The third-order valence-electron chi connectivity index (χ3n) is 2.99. The van der Waals surface area contributed by atoms with Crippen LogP contribution >= 0.6 is 0 Å². The molecule has 0 amide bonds. The molecule has 118 valence electrons. The van der Waals surface area contributed by atoms with Gasteiger partial charge in [0.25, 0.3) is 5.89 Å². The third kappa shape index (κ3) is 3.53. The van der Waals surface area contributed by atoms with Crippen LogP contribution in [0.15, 0.2) is 22.7 Å². The highest BCUT2D eigenvalue weighted by molar-refractivity contribution is 5.47. The van der Waals surface area contributed by atoms with Gasteiger partial charge in [-0.05, 0) is 18.9 Å². The van der Waals surface area contributed by atoms with Crippen molar-refractivity contribution in [1.29, 1.82) is 0 Å². The second kappa shape index (κ2) is 5.91. The highest BCUT2D eigenvalue weighted by atomic mass is 19.4. The first-order valence-corrected chi connectivity index (χ1v) is 6.63. The summed E-state index contributed by atoms with van der Waals surface area (Å²) in [6.07, 6.45) is -2.90. The molecule has 3 heterocycles. The average molecular weight is 315 g/mol. The Morgan fingerprint density at radius 2 is 2.14 bits per heavy atom. The molecular weight excluding hydrogens is 303 g/mol. The molecule has 1 aliphatic rings. The van der Waals surface area contributed by atoms with Crippen LogP contribution in [-0.2, 0) is 4.74 Å². The van der Waals surface area contributed by atoms with E-state index in [0.29, 0.717) is 12.4 Å². The molecule has 1 fully saturated rings. The maximum atomic E-state index is 12.1. The van der Waals surface area contributed by atoms with Crippen molar-refractivity contribution in [1.82, 2.24) is 15.1 Å². The van der Waals surface area contributed by atoms with Crippen molar-refractivity contribution in [2.45, 2.75) is 25.1 Å². The molecule has 0 N–H and O–H groups in total. The van der Waals surface area contributed by atoms with Gasteiger partial charge in [-0.2, -0.15) is 18.2 Å². The summed E-state index contributed by atoms with van der Waals surface area (Å²) in [5.41, 5.74) is 0.247. The van der Waals surface area contributed by atoms with Gasteiger partial charge in [0.2, 0.25) is 11.7 Å². The monoisotopic (exact) mass is 315 g/mol.